The van der Waals surface area contributed by atoms with Crippen molar-refractivity contribution in [2.45, 2.75) is 232 Å². The highest BCUT2D eigenvalue weighted by Gasteiger charge is 2.21. The van der Waals surface area contributed by atoms with Crippen molar-refractivity contribution in [3.63, 3.8) is 0 Å². The molecule has 0 saturated carbocycles. The van der Waals surface area contributed by atoms with Crippen molar-refractivity contribution in [3.8, 4) is 0 Å². The van der Waals surface area contributed by atoms with E-state index in [1.165, 1.54) is 128 Å². The summed E-state index contributed by atoms with van der Waals surface area (Å²) in [5.41, 5.74) is 0. The number of quaternary nitrogens is 1. The highest BCUT2D eigenvalue weighted by molar-refractivity contribution is 5.70. The van der Waals surface area contributed by atoms with Crippen molar-refractivity contribution in [3.05, 3.63) is 48.6 Å². The number of ether oxygens (including phenoxy) is 4. The van der Waals surface area contributed by atoms with Crippen LogP contribution in [0.2, 0.25) is 0 Å². The number of carboxylic acids is 1. The fourth-order valence-electron chi connectivity index (χ4n) is 7.12. The zero-order valence-electron chi connectivity index (χ0n) is 41.4. The summed E-state index contributed by atoms with van der Waals surface area (Å²) in [6, 6.07) is 0. The number of nitrogens with zero attached hydrogens (tertiary/aromatic N) is 1. The minimum atomic E-state index is -1.63. The van der Waals surface area contributed by atoms with E-state index in [0.29, 0.717) is 17.4 Å². The molecular weight excluding hydrogens is 791 g/mol. The third-order valence-electron chi connectivity index (χ3n) is 11.1. The summed E-state index contributed by atoms with van der Waals surface area (Å²) >= 11 is 0. The van der Waals surface area contributed by atoms with Crippen LogP contribution in [0, 0.1) is 0 Å². The Morgan fingerprint density at radius 3 is 1.35 bits per heavy atom. The van der Waals surface area contributed by atoms with E-state index in [2.05, 4.69) is 62.5 Å². The Morgan fingerprint density at radius 2 is 0.905 bits per heavy atom. The van der Waals surface area contributed by atoms with Crippen molar-refractivity contribution in [2.75, 3.05) is 47.5 Å². The Morgan fingerprint density at radius 1 is 0.492 bits per heavy atom. The minimum absolute atomic E-state index is 0.139. The number of aliphatic carboxylic acids is 1. The first kappa shape index (κ1) is 60.2. The molecule has 0 spiro atoms. The molecule has 0 heterocycles. The Labute approximate surface area is 387 Å². The molecule has 0 bridgehead atoms. The highest BCUT2D eigenvalue weighted by Crippen LogP contribution is 2.16. The molecule has 0 amide bonds. The molecule has 0 fully saturated rings. The van der Waals surface area contributed by atoms with E-state index in [0.717, 1.165) is 57.8 Å². The predicted octanol–water partition coefficient (Wildman–Crippen LogP) is 13.0. The van der Waals surface area contributed by atoms with Crippen molar-refractivity contribution < 1.29 is 42.9 Å². The average molecular weight is 888 g/mol. The molecule has 0 rings (SSSR count). The number of carboxylic acid groups (broad SMARTS) is 1. The van der Waals surface area contributed by atoms with E-state index < -0.39 is 24.3 Å². The van der Waals surface area contributed by atoms with Crippen LogP contribution in [0.4, 0.5) is 0 Å². The minimum Gasteiger partial charge on any atom is -0.545 e. The van der Waals surface area contributed by atoms with Crippen molar-refractivity contribution >= 4 is 17.9 Å². The third kappa shape index (κ3) is 47.0. The van der Waals surface area contributed by atoms with Crippen LogP contribution in [0.15, 0.2) is 48.6 Å². The second-order valence-corrected chi connectivity index (χ2v) is 18.4. The third-order valence-corrected chi connectivity index (χ3v) is 11.1. The van der Waals surface area contributed by atoms with Gasteiger partial charge < -0.3 is 33.3 Å². The number of esters is 2. The van der Waals surface area contributed by atoms with Gasteiger partial charge in [0.25, 0.3) is 0 Å². The first-order valence-corrected chi connectivity index (χ1v) is 25.8. The van der Waals surface area contributed by atoms with E-state index in [1.807, 2.05) is 21.1 Å². The van der Waals surface area contributed by atoms with Gasteiger partial charge in [-0.2, -0.15) is 0 Å². The number of allylic oxidation sites excluding steroid dienone is 8. The molecule has 0 saturated heterocycles. The zero-order chi connectivity index (χ0) is 46.3. The van der Waals surface area contributed by atoms with Gasteiger partial charge >= 0.3 is 11.9 Å². The largest absolute Gasteiger partial charge is 0.545 e. The summed E-state index contributed by atoms with van der Waals surface area (Å²) in [6.45, 7) is 4.60. The van der Waals surface area contributed by atoms with Gasteiger partial charge in [-0.25, -0.2) is 0 Å². The Kier molecular flexibility index (Phi) is 43.8. The Bertz CT molecular complexity index is 1170. The molecule has 9 heteroatoms. The quantitative estimate of drug-likeness (QED) is 0.0195. The van der Waals surface area contributed by atoms with Gasteiger partial charge in [-0.05, 0) is 51.4 Å². The number of rotatable bonds is 47. The molecule has 0 aromatic heterocycles. The molecule has 2 atom stereocenters. The molecule has 9 nitrogen and oxygen atoms in total. The van der Waals surface area contributed by atoms with Gasteiger partial charge in [0.15, 0.2) is 12.4 Å². The second-order valence-electron chi connectivity index (χ2n) is 18.4. The molecule has 0 radical (unpaired) electrons. The molecule has 0 aliphatic rings. The number of likely N-dealkylation sites (N-methyl/N-ethyl adjacent to an activating group) is 1. The molecule has 0 aliphatic heterocycles. The topological polar surface area (TPSA) is 111 Å². The van der Waals surface area contributed by atoms with Crippen molar-refractivity contribution in [1.82, 2.24) is 0 Å². The van der Waals surface area contributed by atoms with Crippen LogP contribution in [-0.4, -0.2) is 82.3 Å². The van der Waals surface area contributed by atoms with E-state index in [-0.39, 0.29) is 38.6 Å². The molecule has 0 aliphatic carbocycles. The van der Waals surface area contributed by atoms with Crippen LogP contribution in [0.25, 0.3) is 0 Å². The number of hydrogen-bond acceptors (Lipinski definition) is 8. The zero-order valence-corrected chi connectivity index (χ0v) is 41.4. The number of hydrogen-bond donors (Lipinski definition) is 0. The normalized spacial score (nSPS) is 13.2. The van der Waals surface area contributed by atoms with Crippen LogP contribution in [-0.2, 0) is 33.3 Å². The maximum Gasteiger partial charge on any atom is 0.306 e. The maximum absolute atomic E-state index is 12.8. The lowest BCUT2D eigenvalue weighted by Crippen LogP contribution is -2.44. The number of unbranched alkanes of at least 4 members (excludes halogenated alkanes) is 24. The number of carbonyl (C=O) groups excluding carboxylic acids is 3. The molecular formula is C54H97NO8. The second kappa shape index (κ2) is 45.8. The van der Waals surface area contributed by atoms with E-state index >= 15 is 0 Å². The molecule has 2 unspecified atom stereocenters. The first-order valence-electron chi connectivity index (χ1n) is 25.8. The average Bonchev–Trinajstić information content (AvgIpc) is 3.24. The van der Waals surface area contributed by atoms with E-state index in [9.17, 15) is 19.5 Å². The van der Waals surface area contributed by atoms with Crippen molar-refractivity contribution in [2.24, 2.45) is 0 Å². The molecule has 0 aromatic rings. The summed E-state index contributed by atoms with van der Waals surface area (Å²) in [6.07, 6.45) is 51.6. The maximum atomic E-state index is 12.8. The summed E-state index contributed by atoms with van der Waals surface area (Å²) in [4.78, 5) is 37.1. The summed E-state index contributed by atoms with van der Waals surface area (Å²) < 4.78 is 22.6. The Balaban J connectivity index is 4.30. The fraction of sp³-hybridized carbons (Fsp3) is 0.796. The summed E-state index contributed by atoms with van der Waals surface area (Å²) in [5, 5.41) is 11.7. The lowest BCUT2D eigenvalue weighted by molar-refractivity contribution is -0.870. The van der Waals surface area contributed by atoms with Gasteiger partial charge in [-0.15, -0.1) is 0 Å². The van der Waals surface area contributed by atoms with Crippen LogP contribution in [0.5, 0.6) is 0 Å². The molecule has 0 aromatic carbocycles. The fourth-order valence-corrected chi connectivity index (χ4v) is 7.12. The predicted molar refractivity (Wildman–Crippen MR) is 260 cm³/mol. The Hall–Kier alpha value is -2.75. The van der Waals surface area contributed by atoms with Crippen LogP contribution < -0.4 is 5.11 Å². The molecule has 63 heavy (non-hydrogen) atoms. The van der Waals surface area contributed by atoms with Crippen LogP contribution in [0.1, 0.15) is 219 Å². The van der Waals surface area contributed by atoms with E-state index in [1.54, 1.807) is 0 Å². The summed E-state index contributed by atoms with van der Waals surface area (Å²) in [7, 11) is 5.90. The van der Waals surface area contributed by atoms with Gasteiger partial charge in [-0.3, -0.25) is 9.59 Å². The van der Waals surface area contributed by atoms with E-state index in [4.69, 9.17) is 18.9 Å². The monoisotopic (exact) mass is 888 g/mol. The highest BCUT2D eigenvalue weighted by atomic mass is 16.7. The van der Waals surface area contributed by atoms with Crippen LogP contribution in [0.3, 0.4) is 0 Å². The van der Waals surface area contributed by atoms with Gasteiger partial charge in [0.2, 0.25) is 0 Å². The molecule has 0 N–H and O–H groups in total. The smallest absolute Gasteiger partial charge is 0.306 e. The van der Waals surface area contributed by atoms with Gasteiger partial charge in [-0.1, -0.05) is 204 Å². The van der Waals surface area contributed by atoms with Gasteiger partial charge in [0.05, 0.1) is 40.3 Å². The van der Waals surface area contributed by atoms with Crippen LogP contribution >= 0.6 is 0 Å². The summed E-state index contributed by atoms with van der Waals surface area (Å²) in [5.74, 6) is -2.33. The number of carbonyl (C=O) groups is 3. The first-order chi connectivity index (χ1) is 30.6. The van der Waals surface area contributed by atoms with Gasteiger partial charge in [0.1, 0.15) is 13.2 Å². The van der Waals surface area contributed by atoms with Crippen molar-refractivity contribution in [1.29, 1.82) is 0 Å². The lowest BCUT2D eigenvalue weighted by Gasteiger charge is -2.26. The lowest BCUT2D eigenvalue weighted by atomic mass is 10.0. The van der Waals surface area contributed by atoms with Gasteiger partial charge in [0, 0.05) is 12.8 Å². The SMILES string of the molecule is CC/C=C\C/C=C\C/C=C\C/C=C\CCCCC(=O)OC(COC(=O)CCCCCCCCCCCCCCCCCCCCCCCCC)COC(OCC[N+](C)(C)C)C(=O)[O-]. The standard InChI is InChI=1S/C54H97NO8/c1-6-8-10-12-14-16-18-20-22-23-24-25-26-27-28-29-31-32-34-36-38-40-42-44-51(56)61-48-50(49-62-54(53(58)59)60-47-46-55(3,4)5)63-52(57)45-43-41-39-37-35-33-30-21-19-17-15-13-11-9-7-2/h9,11,15,17,21,30,35,37,50,54H,6-8,10,12-14,16,18-20,22-29,31-34,36,38-49H2,1-5H3/b11-9-,17-15-,30-21-,37-35-. The molecule has 366 valence electrons.